The van der Waals surface area contributed by atoms with E-state index in [9.17, 15) is 4.79 Å². The maximum absolute atomic E-state index is 10.2. The van der Waals surface area contributed by atoms with Crippen molar-refractivity contribution in [3.8, 4) is 0 Å². The van der Waals surface area contributed by atoms with E-state index in [0.717, 1.165) is 19.3 Å². The number of halogens is 1. The molecule has 3 heteroatoms. The molecule has 1 nitrogen and oxygen atoms in total. The Morgan fingerprint density at radius 3 is 2.25 bits per heavy atom. The summed E-state index contributed by atoms with van der Waals surface area (Å²) in [7, 11) is 0. The molecular weight excluding hydrogens is 180 g/mol. The molecule has 0 aromatic rings. The number of carbonyl (C=O) groups is 1. The van der Waals surface area contributed by atoms with Gasteiger partial charge >= 0.3 is 23.1 Å². The molecule has 0 aromatic heterocycles. The third-order valence-corrected chi connectivity index (χ3v) is 0.999. The van der Waals surface area contributed by atoms with E-state index in [1.807, 2.05) is 0 Å². The Morgan fingerprint density at radius 2 is 2.12 bits per heavy atom. The van der Waals surface area contributed by atoms with Gasteiger partial charge in [0.25, 0.3) is 0 Å². The molecule has 1 aliphatic rings. The van der Waals surface area contributed by atoms with Crippen LogP contribution in [0.3, 0.4) is 0 Å². The molecular formula is C5H7BrMgO. The minimum Gasteiger partial charge on any atom is -1.00 e. The van der Waals surface area contributed by atoms with E-state index >= 15 is 0 Å². The summed E-state index contributed by atoms with van der Waals surface area (Å²) in [6, 6.07) is 0. The van der Waals surface area contributed by atoms with Crippen LogP contribution in [0.15, 0.2) is 0 Å². The van der Waals surface area contributed by atoms with Crippen LogP contribution in [0.5, 0.6) is 0 Å². The molecule has 0 spiro atoms. The Labute approximate surface area is 76.1 Å². The summed E-state index contributed by atoms with van der Waals surface area (Å²) in [5.74, 6) is 0.329. The third kappa shape index (κ3) is 3.75. The molecule has 0 N–H and O–H groups in total. The molecule has 0 saturated heterocycles. The second kappa shape index (κ2) is 5.91. The molecule has 0 amide bonds. The topological polar surface area (TPSA) is 17.1 Å². The summed E-state index contributed by atoms with van der Waals surface area (Å²) in [5.41, 5.74) is 0. The Bertz CT molecular complexity index is 66.8. The number of hydrogen-bond acceptors (Lipinski definition) is 1. The van der Waals surface area contributed by atoms with Gasteiger partial charge in [-0.25, -0.2) is 0 Å². The van der Waals surface area contributed by atoms with Crippen molar-refractivity contribution in [3.63, 3.8) is 0 Å². The zero-order chi connectivity index (χ0) is 4.41. The van der Waals surface area contributed by atoms with Crippen LogP contribution in [-0.4, -0.2) is 28.8 Å². The smallest absolute Gasteiger partial charge is 1.00 e. The summed E-state index contributed by atoms with van der Waals surface area (Å²) in [5, 5.41) is 0. The normalized spacial score (nSPS) is 15.8. The number of ketones is 1. The average molecular weight is 187 g/mol. The van der Waals surface area contributed by atoms with E-state index in [1.165, 1.54) is 0 Å². The molecule has 0 atom stereocenters. The second-order valence-electron chi connectivity index (χ2n) is 1.56. The van der Waals surface area contributed by atoms with E-state index in [2.05, 4.69) is 0 Å². The van der Waals surface area contributed by atoms with Crippen LogP contribution < -0.4 is 17.0 Å². The van der Waals surface area contributed by atoms with Crippen LogP contribution in [0.4, 0.5) is 0 Å². The van der Waals surface area contributed by atoms with Crippen LogP contribution >= 0.6 is 0 Å². The van der Waals surface area contributed by atoms with Crippen LogP contribution in [0.25, 0.3) is 0 Å². The Morgan fingerprint density at radius 1 is 1.50 bits per heavy atom. The number of Topliss-reactive ketones (excluding diaryl/α,β-unsaturated/α-hetero) is 1. The molecule has 42 valence electrons. The van der Waals surface area contributed by atoms with Crippen molar-refractivity contribution in [2.24, 2.45) is 0 Å². The van der Waals surface area contributed by atoms with Gasteiger partial charge in [-0.15, -0.1) is 0 Å². The Kier molecular flexibility index (Phi) is 8.55. The zero-order valence-corrected chi connectivity index (χ0v) is 7.69. The maximum Gasteiger partial charge on any atom is 2.00 e. The molecule has 0 heterocycles. The zero-order valence-electron chi connectivity index (χ0n) is 4.69. The van der Waals surface area contributed by atoms with E-state index < -0.39 is 0 Å². The van der Waals surface area contributed by atoms with Gasteiger partial charge in [-0.1, -0.05) is 6.42 Å². The maximum atomic E-state index is 10.2. The van der Waals surface area contributed by atoms with Crippen molar-refractivity contribution >= 4 is 28.8 Å². The van der Waals surface area contributed by atoms with Crippen molar-refractivity contribution < 1.29 is 21.8 Å². The van der Waals surface area contributed by atoms with E-state index in [1.54, 1.807) is 6.42 Å². The number of rotatable bonds is 0. The van der Waals surface area contributed by atoms with Crippen molar-refractivity contribution in [1.82, 2.24) is 0 Å². The van der Waals surface area contributed by atoms with Gasteiger partial charge in [0, 0.05) is 0 Å². The first-order valence-corrected chi connectivity index (χ1v) is 2.25. The molecule has 1 aliphatic carbocycles. The van der Waals surface area contributed by atoms with Gasteiger partial charge < -0.3 is 28.2 Å². The average Bonchev–Trinajstić information content (AvgIpc) is 1.86. The monoisotopic (exact) mass is 186 g/mol. The van der Waals surface area contributed by atoms with E-state index in [-0.39, 0.29) is 40.0 Å². The van der Waals surface area contributed by atoms with Gasteiger partial charge in [-0.3, -0.25) is 0 Å². The van der Waals surface area contributed by atoms with Gasteiger partial charge in [-0.2, -0.15) is 6.42 Å². The van der Waals surface area contributed by atoms with Crippen molar-refractivity contribution in [2.45, 2.75) is 19.3 Å². The van der Waals surface area contributed by atoms with E-state index in [4.69, 9.17) is 0 Å². The molecule has 8 heavy (non-hydrogen) atoms. The summed E-state index contributed by atoms with van der Waals surface area (Å²) in [4.78, 5) is 10.2. The predicted molar refractivity (Wildman–Crippen MR) is 28.9 cm³/mol. The van der Waals surface area contributed by atoms with Crippen molar-refractivity contribution in [3.05, 3.63) is 6.42 Å². The minimum absolute atomic E-state index is 0. The predicted octanol–water partition coefficient (Wildman–Crippen LogP) is -2.43. The molecule has 0 aromatic carbocycles. The molecule has 1 rings (SSSR count). The van der Waals surface area contributed by atoms with Gasteiger partial charge in [0.1, 0.15) is 0 Å². The van der Waals surface area contributed by atoms with Gasteiger partial charge in [-0.05, 0) is 12.2 Å². The first-order valence-electron chi connectivity index (χ1n) is 2.25. The molecule has 0 aliphatic heterocycles. The second-order valence-corrected chi connectivity index (χ2v) is 1.56. The molecule has 0 unspecified atom stereocenters. The van der Waals surface area contributed by atoms with Gasteiger partial charge in [0.05, 0.1) is 0 Å². The fourth-order valence-corrected chi connectivity index (χ4v) is 0.641. The van der Waals surface area contributed by atoms with Gasteiger partial charge in [0.2, 0.25) is 0 Å². The number of carbonyl (C=O) groups excluding carboxylic acids is 1. The van der Waals surface area contributed by atoms with E-state index in [0.29, 0.717) is 5.78 Å². The molecule has 1 fully saturated rings. The first-order chi connectivity index (χ1) is 2.89. The van der Waals surface area contributed by atoms with Crippen molar-refractivity contribution in [1.29, 1.82) is 0 Å². The summed E-state index contributed by atoms with van der Waals surface area (Å²) < 4.78 is 0. The molecule has 0 radical (unpaired) electrons. The standard InChI is InChI=1S/C5H7O.BrH.Mg/c6-5-3-1-2-4-5;;/h3H,1-2,4H2;1H;/q-1;;+2/p-1. The quantitative estimate of drug-likeness (QED) is 0.304. The Hall–Kier alpha value is 0.786. The van der Waals surface area contributed by atoms with Gasteiger partial charge in [0.15, 0.2) is 0 Å². The van der Waals surface area contributed by atoms with Crippen LogP contribution in [0.2, 0.25) is 0 Å². The largest absolute Gasteiger partial charge is 2.00 e. The van der Waals surface area contributed by atoms with Crippen LogP contribution in [0.1, 0.15) is 19.3 Å². The molecule has 1 saturated carbocycles. The molecule has 0 bridgehead atoms. The van der Waals surface area contributed by atoms with Crippen molar-refractivity contribution in [2.75, 3.05) is 0 Å². The first kappa shape index (κ1) is 11.6. The van der Waals surface area contributed by atoms with Crippen LogP contribution in [-0.2, 0) is 4.79 Å². The SMILES string of the molecule is O=C1[CH-]CCC1.[Br-].[Mg+2]. The summed E-state index contributed by atoms with van der Waals surface area (Å²) >= 11 is 0. The fraction of sp³-hybridized carbons (Fsp3) is 0.600. The Balaban J connectivity index is 0. The summed E-state index contributed by atoms with van der Waals surface area (Å²) in [6.45, 7) is 0. The third-order valence-electron chi connectivity index (χ3n) is 0.999. The summed E-state index contributed by atoms with van der Waals surface area (Å²) in [6.07, 6.45) is 4.65. The minimum atomic E-state index is 0. The fourth-order valence-electron chi connectivity index (χ4n) is 0.641. The number of hydrogen-bond donors (Lipinski definition) is 0. The van der Waals surface area contributed by atoms with Crippen LogP contribution in [0, 0.1) is 6.42 Å².